The van der Waals surface area contributed by atoms with Crippen LogP contribution in [-0.4, -0.2) is 57.8 Å². The van der Waals surface area contributed by atoms with E-state index in [1.807, 2.05) is 24.0 Å². The average molecular weight is 356 g/mol. The van der Waals surface area contributed by atoms with Crippen molar-refractivity contribution in [3.8, 4) is 0 Å². The Hall–Kier alpha value is -2.25. The summed E-state index contributed by atoms with van der Waals surface area (Å²) in [6.07, 6.45) is 1.78. The summed E-state index contributed by atoms with van der Waals surface area (Å²) in [5, 5.41) is 0.517. The molecule has 1 fully saturated rings. The number of carbonyl (C=O) groups is 1. The molecule has 0 aliphatic carbocycles. The third kappa shape index (κ3) is 2.83. The minimum Gasteiger partial charge on any atom is -0.335 e. The third-order valence-corrected chi connectivity index (χ3v) is 5.79. The quantitative estimate of drug-likeness (QED) is 0.705. The van der Waals surface area contributed by atoms with E-state index in [-0.39, 0.29) is 11.5 Å². The molecule has 0 spiro atoms. The molecule has 0 unspecified atom stereocenters. The molecule has 0 bridgehead atoms. The molecule has 3 aromatic heterocycles. The van der Waals surface area contributed by atoms with Crippen LogP contribution in [0.2, 0.25) is 0 Å². The van der Waals surface area contributed by atoms with Gasteiger partial charge in [0.05, 0.1) is 10.3 Å². The summed E-state index contributed by atoms with van der Waals surface area (Å²) in [4.78, 5) is 35.5. The van der Waals surface area contributed by atoms with Gasteiger partial charge < -0.3 is 9.80 Å². The summed E-state index contributed by atoms with van der Waals surface area (Å²) in [7, 11) is 0. The largest absolute Gasteiger partial charge is 0.335 e. The van der Waals surface area contributed by atoms with Gasteiger partial charge in [0.15, 0.2) is 0 Å². The highest BCUT2D eigenvalue weighted by Gasteiger charge is 2.23. The van der Waals surface area contributed by atoms with Crippen molar-refractivity contribution in [3.05, 3.63) is 45.2 Å². The zero-order valence-electron chi connectivity index (χ0n) is 14.4. The zero-order valence-corrected chi connectivity index (χ0v) is 15.2. The van der Waals surface area contributed by atoms with Gasteiger partial charge in [-0.15, -0.1) is 11.3 Å². The van der Waals surface area contributed by atoms with E-state index in [2.05, 4.69) is 16.8 Å². The molecule has 1 aliphatic rings. The van der Waals surface area contributed by atoms with E-state index >= 15 is 0 Å². The van der Waals surface area contributed by atoms with Crippen LogP contribution in [0.15, 0.2) is 29.2 Å². The predicted octanol–water partition coefficient (Wildman–Crippen LogP) is 2.00. The van der Waals surface area contributed by atoms with Crippen molar-refractivity contribution in [2.75, 3.05) is 32.7 Å². The maximum atomic E-state index is 12.8. The first-order valence-electron chi connectivity index (χ1n) is 8.51. The van der Waals surface area contributed by atoms with Crippen molar-refractivity contribution in [2.24, 2.45) is 0 Å². The van der Waals surface area contributed by atoms with Gasteiger partial charge in [0, 0.05) is 32.4 Å². The van der Waals surface area contributed by atoms with Crippen molar-refractivity contribution in [1.29, 1.82) is 0 Å². The number of rotatable bonds is 2. The first-order valence-corrected chi connectivity index (χ1v) is 9.32. The standard InChI is InChI=1S/C18H20N4O2S/c1-3-20-6-8-21(9-7-20)18(24)14-10-13-16(25-14)19-15-5-4-12(2)11-22(15)17(13)23/h4-5,10-11H,3,6-9H2,1-2H3. The van der Waals surface area contributed by atoms with Crippen LogP contribution >= 0.6 is 11.3 Å². The molecule has 0 N–H and O–H groups in total. The number of hydrogen-bond donors (Lipinski definition) is 0. The lowest BCUT2D eigenvalue weighted by atomic mass is 10.2. The van der Waals surface area contributed by atoms with Crippen LogP contribution in [-0.2, 0) is 0 Å². The van der Waals surface area contributed by atoms with Crippen LogP contribution in [0, 0.1) is 6.92 Å². The Morgan fingerprint density at radius 3 is 2.72 bits per heavy atom. The molecule has 3 aromatic rings. The number of aromatic nitrogens is 2. The topological polar surface area (TPSA) is 57.9 Å². The lowest BCUT2D eigenvalue weighted by Crippen LogP contribution is -2.48. The zero-order chi connectivity index (χ0) is 17.6. The van der Waals surface area contributed by atoms with Crippen LogP contribution in [0.5, 0.6) is 0 Å². The SMILES string of the molecule is CCN1CCN(C(=O)c2cc3c(=O)n4cc(C)ccc4nc3s2)CC1. The van der Waals surface area contributed by atoms with E-state index in [4.69, 9.17) is 0 Å². The number of pyridine rings is 1. The fourth-order valence-electron chi connectivity index (χ4n) is 3.23. The van der Waals surface area contributed by atoms with Crippen molar-refractivity contribution < 1.29 is 4.79 Å². The van der Waals surface area contributed by atoms with Gasteiger partial charge in [-0.1, -0.05) is 13.0 Å². The smallest absolute Gasteiger partial charge is 0.266 e. The Labute approximate surface area is 149 Å². The molecule has 1 aliphatic heterocycles. The summed E-state index contributed by atoms with van der Waals surface area (Å²) in [6.45, 7) is 8.35. The summed E-state index contributed by atoms with van der Waals surface area (Å²) < 4.78 is 1.55. The fraction of sp³-hybridized carbons (Fsp3) is 0.389. The maximum absolute atomic E-state index is 12.8. The summed E-state index contributed by atoms with van der Waals surface area (Å²) in [5.74, 6) is 0.00314. The van der Waals surface area contributed by atoms with Gasteiger partial charge in [-0.3, -0.25) is 14.0 Å². The van der Waals surface area contributed by atoms with Crippen LogP contribution in [0.25, 0.3) is 15.9 Å². The van der Waals surface area contributed by atoms with Crippen LogP contribution in [0.3, 0.4) is 0 Å². The van der Waals surface area contributed by atoms with E-state index in [0.717, 1.165) is 38.3 Å². The van der Waals surface area contributed by atoms with Crippen LogP contribution in [0.1, 0.15) is 22.2 Å². The molecule has 1 amide bonds. The van der Waals surface area contributed by atoms with Crippen molar-refractivity contribution in [1.82, 2.24) is 19.2 Å². The first-order chi connectivity index (χ1) is 12.1. The van der Waals surface area contributed by atoms with Crippen LogP contribution < -0.4 is 5.56 Å². The highest BCUT2D eigenvalue weighted by molar-refractivity contribution is 7.20. The highest BCUT2D eigenvalue weighted by atomic mass is 32.1. The summed E-state index contributed by atoms with van der Waals surface area (Å²) in [6, 6.07) is 5.47. The first kappa shape index (κ1) is 16.2. The number of amides is 1. The van der Waals surface area contributed by atoms with E-state index in [1.165, 1.54) is 11.3 Å². The van der Waals surface area contributed by atoms with Gasteiger partial charge in [-0.2, -0.15) is 0 Å². The number of nitrogens with zero attached hydrogens (tertiary/aromatic N) is 4. The molecule has 0 atom stereocenters. The maximum Gasteiger partial charge on any atom is 0.266 e. The molecule has 1 saturated heterocycles. The van der Waals surface area contributed by atoms with E-state index in [9.17, 15) is 9.59 Å². The number of thiophene rings is 1. The van der Waals surface area contributed by atoms with E-state index < -0.39 is 0 Å². The Balaban J connectivity index is 1.71. The second-order valence-corrected chi connectivity index (χ2v) is 7.44. The molecule has 4 rings (SSSR count). The number of likely N-dealkylation sites (N-methyl/N-ethyl adjacent to an activating group) is 1. The summed E-state index contributed by atoms with van der Waals surface area (Å²) in [5.41, 5.74) is 1.49. The number of hydrogen-bond acceptors (Lipinski definition) is 5. The second kappa shape index (κ2) is 6.24. The summed E-state index contributed by atoms with van der Waals surface area (Å²) >= 11 is 1.31. The normalized spacial score (nSPS) is 16.0. The molecule has 0 saturated carbocycles. The van der Waals surface area contributed by atoms with Crippen molar-refractivity contribution >= 4 is 33.1 Å². The van der Waals surface area contributed by atoms with E-state index in [0.29, 0.717) is 20.7 Å². The predicted molar refractivity (Wildman–Crippen MR) is 99.6 cm³/mol. The third-order valence-electron chi connectivity index (χ3n) is 4.77. The molecule has 6 nitrogen and oxygen atoms in total. The van der Waals surface area contributed by atoms with Crippen LogP contribution in [0.4, 0.5) is 0 Å². The average Bonchev–Trinajstić information content (AvgIpc) is 3.06. The molecule has 0 aromatic carbocycles. The number of piperazine rings is 1. The Kier molecular flexibility index (Phi) is 4.05. The molecular formula is C18H20N4O2S. The number of aryl methyl sites for hydroxylation is 1. The van der Waals surface area contributed by atoms with Gasteiger partial charge in [0.1, 0.15) is 10.5 Å². The number of carbonyl (C=O) groups excluding carboxylic acids is 1. The minimum atomic E-state index is -0.116. The molecule has 4 heterocycles. The lowest BCUT2D eigenvalue weighted by molar-refractivity contribution is 0.0648. The Morgan fingerprint density at radius 1 is 1.24 bits per heavy atom. The minimum absolute atomic E-state index is 0.00314. The molecular weight excluding hydrogens is 336 g/mol. The monoisotopic (exact) mass is 356 g/mol. The Morgan fingerprint density at radius 2 is 2.00 bits per heavy atom. The van der Waals surface area contributed by atoms with Gasteiger partial charge >= 0.3 is 0 Å². The fourth-order valence-corrected chi connectivity index (χ4v) is 4.23. The van der Waals surface area contributed by atoms with E-state index in [1.54, 1.807) is 16.7 Å². The Bertz CT molecular complexity index is 1020. The lowest BCUT2D eigenvalue weighted by Gasteiger charge is -2.33. The van der Waals surface area contributed by atoms with Gasteiger partial charge in [-0.25, -0.2) is 4.98 Å². The molecule has 25 heavy (non-hydrogen) atoms. The molecule has 130 valence electrons. The molecule has 7 heteroatoms. The molecule has 0 radical (unpaired) electrons. The highest BCUT2D eigenvalue weighted by Crippen LogP contribution is 2.24. The van der Waals surface area contributed by atoms with Gasteiger partial charge in [0.2, 0.25) is 0 Å². The van der Waals surface area contributed by atoms with Crippen molar-refractivity contribution in [3.63, 3.8) is 0 Å². The van der Waals surface area contributed by atoms with Crippen molar-refractivity contribution in [2.45, 2.75) is 13.8 Å². The number of fused-ring (bicyclic) bond motifs is 2. The van der Waals surface area contributed by atoms with Gasteiger partial charge in [-0.05, 0) is 31.2 Å². The second-order valence-electron chi connectivity index (χ2n) is 6.41. The van der Waals surface area contributed by atoms with Gasteiger partial charge in [0.25, 0.3) is 11.5 Å².